The van der Waals surface area contributed by atoms with Crippen molar-refractivity contribution in [1.29, 1.82) is 0 Å². The van der Waals surface area contributed by atoms with E-state index in [9.17, 15) is 0 Å². The molecule has 0 unspecified atom stereocenters. The van der Waals surface area contributed by atoms with Crippen LogP contribution in [0.15, 0.2) is 18.2 Å². The summed E-state index contributed by atoms with van der Waals surface area (Å²) in [7, 11) is 0. The number of hydrogen-bond acceptors (Lipinski definition) is 2. The Morgan fingerprint density at radius 2 is 1.94 bits per heavy atom. The number of hydrogen-bond donors (Lipinski definition) is 0. The molecule has 0 atom stereocenters. The summed E-state index contributed by atoms with van der Waals surface area (Å²) < 4.78 is 11.8. The summed E-state index contributed by atoms with van der Waals surface area (Å²) in [5.41, 5.74) is 1.96. The van der Waals surface area contributed by atoms with E-state index in [1.165, 1.54) is 0 Å². The van der Waals surface area contributed by atoms with Gasteiger partial charge in [0.1, 0.15) is 17.1 Å². The van der Waals surface area contributed by atoms with Gasteiger partial charge in [0.2, 0.25) is 0 Å². The SMILES string of the molecule is Cc1c(OC(C)C)ccc2c1OC(C)(C)C=C2. The Bertz CT molecular complexity index is 456. The molecule has 0 saturated carbocycles. The zero-order valence-electron chi connectivity index (χ0n) is 11.2. The molecule has 2 heteroatoms. The molecule has 0 aromatic heterocycles. The van der Waals surface area contributed by atoms with Crippen molar-refractivity contribution in [3.05, 3.63) is 29.3 Å². The van der Waals surface area contributed by atoms with Gasteiger partial charge in [-0.25, -0.2) is 0 Å². The number of benzene rings is 1. The molecule has 1 aliphatic heterocycles. The molecular formula is C15H20O2. The third-order valence-corrected chi connectivity index (χ3v) is 2.78. The van der Waals surface area contributed by atoms with Crippen molar-refractivity contribution in [2.45, 2.75) is 46.3 Å². The van der Waals surface area contributed by atoms with Gasteiger partial charge < -0.3 is 9.47 Å². The lowest BCUT2D eigenvalue weighted by Crippen LogP contribution is -2.28. The van der Waals surface area contributed by atoms with Crippen molar-refractivity contribution in [3.63, 3.8) is 0 Å². The zero-order valence-corrected chi connectivity index (χ0v) is 11.2. The van der Waals surface area contributed by atoms with E-state index in [0.29, 0.717) is 0 Å². The number of ether oxygens (including phenoxy) is 2. The predicted octanol–water partition coefficient (Wildman–Crippen LogP) is 3.97. The van der Waals surface area contributed by atoms with Gasteiger partial charge in [0.05, 0.1) is 6.10 Å². The van der Waals surface area contributed by atoms with Crippen molar-refractivity contribution in [2.75, 3.05) is 0 Å². The van der Waals surface area contributed by atoms with Crippen LogP contribution in [0.4, 0.5) is 0 Å². The van der Waals surface area contributed by atoms with E-state index in [1.54, 1.807) is 0 Å². The predicted molar refractivity (Wildman–Crippen MR) is 70.7 cm³/mol. The highest BCUT2D eigenvalue weighted by Crippen LogP contribution is 2.38. The summed E-state index contributed by atoms with van der Waals surface area (Å²) in [6.07, 6.45) is 4.38. The van der Waals surface area contributed by atoms with Crippen LogP contribution in [-0.4, -0.2) is 11.7 Å². The Morgan fingerprint density at radius 3 is 2.59 bits per heavy atom. The van der Waals surface area contributed by atoms with E-state index in [0.717, 1.165) is 22.6 Å². The van der Waals surface area contributed by atoms with Gasteiger partial charge in [0, 0.05) is 11.1 Å². The van der Waals surface area contributed by atoms with Gasteiger partial charge in [-0.3, -0.25) is 0 Å². The summed E-state index contributed by atoms with van der Waals surface area (Å²) in [6.45, 7) is 10.2. The Labute approximate surface area is 103 Å². The summed E-state index contributed by atoms with van der Waals surface area (Å²) in [6, 6.07) is 4.06. The Kier molecular flexibility index (Phi) is 2.90. The van der Waals surface area contributed by atoms with Crippen molar-refractivity contribution in [2.24, 2.45) is 0 Å². The second-order valence-corrected chi connectivity index (χ2v) is 5.31. The normalized spacial score (nSPS) is 16.6. The Hall–Kier alpha value is -1.44. The van der Waals surface area contributed by atoms with Crippen LogP contribution in [0.1, 0.15) is 38.8 Å². The average Bonchev–Trinajstić information content (AvgIpc) is 2.22. The molecule has 0 N–H and O–H groups in total. The number of rotatable bonds is 2. The second-order valence-electron chi connectivity index (χ2n) is 5.31. The molecule has 1 aliphatic rings. The van der Waals surface area contributed by atoms with Crippen LogP contribution < -0.4 is 9.47 Å². The molecule has 1 aromatic carbocycles. The van der Waals surface area contributed by atoms with E-state index >= 15 is 0 Å². The fraction of sp³-hybridized carbons (Fsp3) is 0.467. The fourth-order valence-corrected chi connectivity index (χ4v) is 1.93. The van der Waals surface area contributed by atoms with Gasteiger partial charge in [0.25, 0.3) is 0 Å². The maximum absolute atomic E-state index is 6.01. The van der Waals surface area contributed by atoms with Crippen LogP contribution in [0.5, 0.6) is 11.5 Å². The highest BCUT2D eigenvalue weighted by atomic mass is 16.5. The van der Waals surface area contributed by atoms with Gasteiger partial charge in [-0.05, 0) is 52.8 Å². The topological polar surface area (TPSA) is 18.5 Å². The minimum absolute atomic E-state index is 0.180. The standard InChI is InChI=1S/C15H20O2/c1-10(2)16-13-7-6-12-8-9-15(4,5)17-14(12)11(13)3/h6-10H,1-5H3. The molecule has 1 heterocycles. The average molecular weight is 232 g/mol. The molecule has 0 aliphatic carbocycles. The minimum atomic E-state index is -0.242. The monoisotopic (exact) mass is 232 g/mol. The van der Waals surface area contributed by atoms with E-state index in [4.69, 9.17) is 9.47 Å². The molecule has 17 heavy (non-hydrogen) atoms. The highest BCUT2D eigenvalue weighted by molar-refractivity contribution is 5.65. The van der Waals surface area contributed by atoms with Crippen LogP contribution >= 0.6 is 0 Å². The molecule has 1 aromatic rings. The highest BCUT2D eigenvalue weighted by Gasteiger charge is 2.24. The molecule has 0 bridgehead atoms. The number of fused-ring (bicyclic) bond motifs is 1. The van der Waals surface area contributed by atoms with Crippen LogP contribution in [0.3, 0.4) is 0 Å². The van der Waals surface area contributed by atoms with Crippen molar-refractivity contribution in [3.8, 4) is 11.5 Å². The third-order valence-electron chi connectivity index (χ3n) is 2.78. The van der Waals surface area contributed by atoms with Gasteiger partial charge >= 0.3 is 0 Å². The van der Waals surface area contributed by atoms with Crippen molar-refractivity contribution < 1.29 is 9.47 Å². The first kappa shape index (κ1) is 12.0. The van der Waals surface area contributed by atoms with Crippen LogP contribution in [0, 0.1) is 6.92 Å². The molecule has 2 nitrogen and oxygen atoms in total. The van der Waals surface area contributed by atoms with E-state index < -0.39 is 0 Å². The molecule has 2 rings (SSSR count). The van der Waals surface area contributed by atoms with Crippen LogP contribution in [0.25, 0.3) is 6.08 Å². The van der Waals surface area contributed by atoms with Gasteiger partial charge in [-0.15, -0.1) is 0 Å². The quantitative estimate of drug-likeness (QED) is 0.768. The third kappa shape index (κ3) is 2.46. The lowest BCUT2D eigenvalue weighted by molar-refractivity contribution is 0.156. The summed E-state index contributed by atoms with van der Waals surface area (Å²) in [4.78, 5) is 0. The molecule has 0 spiro atoms. The van der Waals surface area contributed by atoms with E-state index in [-0.39, 0.29) is 11.7 Å². The largest absolute Gasteiger partial charge is 0.491 e. The smallest absolute Gasteiger partial charge is 0.134 e. The van der Waals surface area contributed by atoms with Crippen molar-refractivity contribution >= 4 is 6.08 Å². The molecule has 0 saturated heterocycles. The fourth-order valence-electron chi connectivity index (χ4n) is 1.93. The van der Waals surface area contributed by atoms with E-state index in [1.807, 2.05) is 32.9 Å². The molecule has 0 radical (unpaired) electrons. The molecular weight excluding hydrogens is 212 g/mol. The molecule has 0 fully saturated rings. The van der Waals surface area contributed by atoms with Gasteiger partial charge in [-0.2, -0.15) is 0 Å². The van der Waals surface area contributed by atoms with Gasteiger partial charge in [0.15, 0.2) is 0 Å². The summed E-state index contributed by atoms with van der Waals surface area (Å²) in [5, 5.41) is 0. The van der Waals surface area contributed by atoms with Crippen LogP contribution in [-0.2, 0) is 0 Å². The first-order valence-electron chi connectivity index (χ1n) is 6.07. The minimum Gasteiger partial charge on any atom is -0.491 e. The summed E-state index contributed by atoms with van der Waals surface area (Å²) >= 11 is 0. The lowest BCUT2D eigenvalue weighted by atomic mass is 10.00. The summed E-state index contributed by atoms with van der Waals surface area (Å²) in [5.74, 6) is 1.85. The maximum atomic E-state index is 6.01. The molecule has 0 amide bonds. The first-order valence-corrected chi connectivity index (χ1v) is 6.07. The zero-order chi connectivity index (χ0) is 12.6. The first-order chi connectivity index (χ1) is 7.89. The second kappa shape index (κ2) is 4.10. The molecule has 92 valence electrons. The van der Waals surface area contributed by atoms with Crippen molar-refractivity contribution in [1.82, 2.24) is 0 Å². The Morgan fingerprint density at radius 1 is 1.24 bits per heavy atom. The maximum Gasteiger partial charge on any atom is 0.134 e. The van der Waals surface area contributed by atoms with Gasteiger partial charge in [-0.1, -0.05) is 6.08 Å². The van der Waals surface area contributed by atoms with E-state index in [2.05, 4.69) is 26.0 Å². The van der Waals surface area contributed by atoms with Crippen LogP contribution in [0.2, 0.25) is 0 Å². The Balaban J connectivity index is 2.42. The lowest BCUT2D eigenvalue weighted by Gasteiger charge is -2.29.